The van der Waals surface area contributed by atoms with Crippen LogP contribution in [0.4, 0.5) is 0 Å². The fourth-order valence-corrected chi connectivity index (χ4v) is 0.941. The van der Waals surface area contributed by atoms with Gasteiger partial charge in [0, 0.05) is 40.4 Å². The Balaban J connectivity index is 0.000000640. The summed E-state index contributed by atoms with van der Waals surface area (Å²) in [4.78, 5) is 12.5. The van der Waals surface area contributed by atoms with Gasteiger partial charge in [0.25, 0.3) is 0 Å². The van der Waals surface area contributed by atoms with Crippen LogP contribution in [0.15, 0.2) is 0 Å². The van der Waals surface area contributed by atoms with Crippen LogP contribution in [0.25, 0.3) is 0 Å². The third-order valence-corrected chi connectivity index (χ3v) is 1.56. The molecule has 1 rings (SSSR count). The second-order valence-electron chi connectivity index (χ2n) is 2.27. The van der Waals surface area contributed by atoms with E-state index >= 15 is 0 Å². The Morgan fingerprint density at radius 3 is 2.44 bits per heavy atom. The van der Waals surface area contributed by atoms with Crippen molar-refractivity contribution in [2.45, 2.75) is 19.3 Å². The molecule has 1 aliphatic heterocycles. The van der Waals surface area contributed by atoms with Crippen LogP contribution in [0.3, 0.4) is 0 Å². The van der Waals surface area contributed by atoms with Crippen molar-refractivity contribution in [3.05, 3.63) is 0 Å². The summed E-state index contributed by atoms with van der Waals surface area (Å²) >= 11 is 0. The molecule has 0 atom stereocenters. The quantitative estimate of drug-likeness (QED) is 0.547. The monoisotopic (exact) mass is 219 g/mol. The molecule has 0 aliphatic carbocycles. The van der Waals surface area contributed by atoms with Gasteiger partial charge in [0.1, 0.15) is 0 Å². The predicted octanol–water partition coefficient (Wildman–Crippen LogP) is 0.626. The van der Waals surface area contributed by atoms with Crippen LogP contribution < -0.4 is 0 Å². The number of hydrogen-bond donors (Lipinski definition) is 0. The first-order chi connectivity index (χ1) is 3.80. The van der Waals surface area contributed by atoms with Gasteiger partial charge in [0.05, 0.1) is 0 Å². The van der Waals surface area contributed by atoms with Gasteiger partial charge in [-0.15, -0.1) is 0 Å². The summed E-state index contributed by atoms with van der Waals surface area (Å²) in [5, 5.41) is 0. The van der Waals surface area contributed by atoms with Crippen LogP contribution in [-0.2, 0) is 25.2 Å². The molecule has 9 heavy (non-hydrogen) atoms. The Hall–Kier alpha value is 0.132. The Morgan fingerprint density at radius 1 is 1.44 bits per heavy atom. The molecular weight excluding hydrogens is 208 g/mol. The number of nitrogens with zero attached hydrogens (tertiary/aromatic N) is 1. The molecule has 56 valence electrons. The fraction of sp³-hybridized carbons (Fsp3) is 0.833. The molecule has 0 spiro atoms. The van der Waals surface area contributed by atoms with Crippen LogP contribution in [0, 0.1) is 0 Å². The summed E-state index contributed by atoms with van der Waals surface area (Å²) in [7, 11) is 1.86. The van der Waals surface area contributed by atoms with Crippen LogP contribution in [-0.4, -0.2) is 24.4 Å². The van der Waals surface area contributed by atoms with Crippen LogP contribution in [0.5, 0.6) is 0 Å². The zero-order valence-electron chi connectivity index (χ0n) is 5.50. The molecule has 0 unspecified atom stereocenters. The minimum absolute atomic E-state index is 0. The molecule has 3 heteroatoms. The molecule has 1 fully saturated rings. The molecule has 0 bridgehead atoms. The van der Waals surface area contributed by atoms with Gasteiger partial charge in [0.2, 0.25) is 5.91 Å². The zero-order valence-corrected chi connectivity index (χ0v) is 7.05. The van der Waals surface area contributed by atoms with Crippen LogP contribution in [0.2, 0.25) is 0 Å². The van der Waals surface area contributed by atoms with E-state index in [1.165, 1.54) is 6.42 Å². The smallest absolute Gasteiger partial charge is 0.222 e. The van der Waals surface area contributed by atoms with Gasteiger partial charge in [-0.3, -0.25) is 4.79 Å². The number of carbonyl (C=O) groups excluding carboxylic acids is 1. The largest absolute Gasteiger partial charge is 0.346 e. The average molecular weight is 220 g/mol. The predicted molar refractivity (Wildman–Crippen MR) is 31.5 cm³/mol. The first kappa shape index (κ1) is 9.13. The number of rotatable bonds is 0. The van der Waals surface area contributed by atoms with Crippen LogP contribution >= 0.6 is 0 Å². The first-order valence-electron chi connectivity index (χ1n) is 3.04. The third-order valence-electron chi connectivity index (χ3n) is 1.56. The minimum Gasteiger partial charge on any atom is -0.346 e. The number of amides is 1. The second-order valence-corrected chi connectivity index (χ2v) is 2.27. The van der Waals surface area contributed by atoms with E-state index in [2.05, 4.69) is 0 Å². The van der Waals surface area contributed by atoms with E-state index in [0.717, 1.165) is 19.4 Å². The topological polar surface area (TPSA) is 20.3 Å². The van der Waals surface area contributed by atoms with Crippen LogP contribution in [0.1, 0.15) is 19.3 Å². The summed E-state index contributed by atoms with van der Waals surface area (Å²) in [6, 6.07) is 0. The maximum atomic E-state index is 10.7. The summed E-state index contributed by atoms with van der Waals surface area (Å²) in [6.07, 6.45) is 3.03. The molecule has 2 nitrogen and oxygen atoms in total. The van der Waals surface area contributed by atoms with Crippen molar-refractivity contribution in [1.82, 2.24) is 4.90 Å². The van der Waals surface area contributed by atoms with Crippen molar-refractivity contribution in [2.75, 3.05) is 13.6 Å². The first-order valence-corrected chi connectivity index (χ1v) is 3.04. The Bertz CT molecular complexity index is 105. The maximum absolute atomic E-state index is 10.7. The average Bonchev–Trinajstić information content (AvgIpc) is 1.77. The van der Waals surface area contributed by atoms with Gasteiger partial charge in [-0.05, 0) is 12.8 Å². The number of carbonyl (C=O) groups is 1. The number of piperidine rings is 1. The molecule has 0 aromatic heterocycles. The minimum atomic E-state index is 0. The SMILES string of the molecule is CN1CCCCC1=O.[Pd]. The standard InChI is InChI=1S/C6H11NO.Pd/c1-7-5-3-2-4-6(7)8;/h2-5H2,1H3;. The summed E-state index contributed by atoms with van der Waals surface area (Å²) < 4.78 is 0. The Labute approximate surface area is 69.3 Å². The van der Waals surface area contributed by atoms with E-state index in [9.17, 15) is 4.79 Å². The van der Waals surface area contributed by atoms with Crippen molar-refractivity contribution in [1.29, 1.82) is 0 Å². The molecule has 0 saturated carbocycles. The van der Waals surface area contributed by atoms with Gasteiger partial charge >= 0.3 is 0 Å². The van der Waals surface area contributed by atoms with Crippen molar-refractivity contribution in [2.24, 2.45) is 0 Å². The van der Waals surface area contributed by atoms with Crippen molar-refractivity contribution in [3.63, 3.8) is 0 Å². The molecule has 0 N–H and O–H groups in total. The maximum Gasteiger partial charge on any atom is 0.222 e. The van der Waals surface area contributed by atoms with Crippen molar-refractivity contribution >= 4 is 5.91 Å². The third kappa shape index (κ3) is 2.47. The Kier molecular flexibility index (Phi) is 4.09. The molecule has 1 amide bonds. The van der Waals surface area contributed by atoms with E-state index in [1.807, 2.05) is 7.05 Å². The van der Waals surface area contributed by atoms with E-state index in [1.54, 1.807) is 4.90 Å². The van der Waals surface area contributed by atoms with E-state index in [0.29, 0.717) is 5.91 Å². The van der Waals surface area contributed by atoms with Crippen molar-refractivity contribution < 1.29 is 25.2 Å². The molecule has 0 aromatic rings. The number of hydrogen-bond acceptors (Lipinski definition) is 1. The van der Waals surface area contributed by atoms with Crippen molar-refractivity contribution in [3.8, 4) is 0 Å². The fourth-order valence-electron chi connectivity index (χ4n) is 0.941. The second kappa shape index (κ2) is 4.03. The van der Waals surface area contributed by atoms with E-state index in [-0.39, 0.29) is 20.4 Å². The molecule has 1 heterocycles. The normalized spacial score (nSPS) is 19.2. The van der Waals surface area contributed by atoms with Gasteiger partial charge in [-0.2, -0.15) is 0 Å². The molecule has 0 aromatic carbocycles. The van der Waals surface area contributed by atoms with E-state index < -0.39 is 0 Å². The van der Waals surface area contributed by atoms with Gasteiger partial charge in [-0.1, -0.05) is 0 Å². The van der Waals surface area contributed by atoms with Gasteiger partial charge in [0.15, 0.2) is 0 Å². The molecule has 0 radical (unpaired) electrons. The van der Waals surface area contributed by atoms with Gasteiger partial charge < -0.3 is 4.90 Å². The summed E-state index contributed by atoms with van der Waals surface area (Å²) in [6.45, 7) is 0.957. The Morgan fingerprint density at radius 2 is 2.11 bits per heavy atom. The molecule has 1 saturated heterocycles. The molecule has 1 aliphatic rings. The summed E-state index contributed by atoms with van der Waals surface area (Å²) in [5.74, 6) is 0.302. The van der Waals surface area contributed by atoms with E-state index in [4.69, 9.17) is 0 Å². The zero-order chi connectivity index (χ0) is 5.98. The molecular formula is C6H11NOPd. The van der Waals surface area contributed by atoms with Gasteiger partial charge in [-0.25, -0.2) is 0 Å². The number of likely N-dealkylation sites (tertiary alicyclic amines) is 1. The summed E-state index contributed by atoms with van der Waals surface area (Å²) in [5.41, 5.74) is 0.